The topological polar surface area (TPSA) is 68.9 Å². The smallest absolute Gasteiger partial charge is 0.278 e. The maximum Gasteiger partial charge on any atom is 0.278 e. The molecule has 26 heavy (non-hydrogen) atoms. The third-order valence-electron chi connectivity index (χ3n) is 4.83. The van der Waals surface area contributed by atoms with Crippen LogP contribution in [0.25, 0.3) is 11.0 Å². The van der Waals surface area contributed by atoms with Crippen LogP contribution in [-0.4, -0.2) is 20.0 Å². The Balaban J connectivity index is 1.66. The quantitative estimate of drug-likeness (QED) is 0.770. The van der Waals surface area contributed by atoms with Gasteiger partial charge in [0, 0.05) is 29.4 Å². The lowest BCUT2D eigenvalue weighted by Crippen LogP contribution is -2.26. The monoisotopic (exact) mass is 370 g/mol. The molecule has 2 aromatic heterocycles. The van der Waals surface area contributed by atoms with E-state index in [9.17, 15) is 9.59 Å². The number of anilines is 1. The highest BCUT2D eigenvalue weighted by Gasteiger charge is 2.20. The van der Waals surface area contributed by atoms with Gasteiger partial charge in [-0.2, -0.15) is 0 Å². The van der Waals surface area contributed by atoms with E-state index in [0.29, 0.717) is 28.3 Å². The molecular formula is C19H19ClN4O2. The van der Waals surface area contributed by atoms with Gasteiger partial charge in [-0.25, -0.2) is 4.98 Å². The summed E-state index contributed by atoms with van der Waals surface area (Å²) in [7, 11) is 0. The molecule has 0 fully saturated rings. The second-order valence-electron chi connectivity index (χ2n) is 6.71. The molecule has 7 heteroatoms. The van der Waals surface area contributed by atoms with E-state index in [1.165, 1.54) is 0 Å². The zero-order valence-electron chi connectivity index (χ0n) is 14.7. The summed E-state index contributed by atoms with van der Waals surface area (Å²) in [5.41, 5.74) is 3.50. The number of aryl methyl sites for hydroxylation is 3. The van der Waals surface area contributed by atoms with Gasteiger partial charge in [0.2, 0.25) is 5.91 Å². The third-order valence-corrected chi connectivity index (χ3v) is 5.24. The van der Waals surface area contributed by atoms with Crippen molar-refractivity contribution in [3.63, 3.8) is 0 Å². The molecule has 1 N–H and O–H groups in total. The Morgan fingerprint density at radius 3 is 2.88 bits per heavy atom. The molecular weight excluding hydrogens is 352 g/mol. The van der Waals surface area contributed by atoms with E-state index in [2.05, 4.69) is 10.3 Å². The first-order chi connectivity index (χ1) is 12.4. The van der Waals surface area contributed by atoms with Crippen molar-refractivity contribution < 1.29 is 4.79 Å². The summed E-state index contributed by atoms with van der Waals surface area (Å²) in [4.78, 5) is 29.9. The summed E-state index contributed by atoms with van der Waals surface area (Å²) in [5.74, 6) is 0.619. The van der Waals surface area contributed by atoms with Crippen LogP contribution in [0.5, 0.6) is 0 Å². The number of nitrogens with one attached hydrogen (secondary N) is 1. The van der Waals surface area contributed by atoms with Gasteiger partial charge in [0.25, 0.3) is 5.56 Å². The molecule has 0 atom stereocenters. The number of nitrogens with zero attached hydrogens (tertiary/aromatic N) is 3. The Morgan fingerprint density at radius 1 is 1.31 bits per heavy atom. The molecule has 1 aromatic carbocycles. The Kier molecular flexibility index (Phi) is 4.07. The standard InChI is InChI=1S/C19H19ClN4O2/c1-11-5-6-13(9-14(11)20)21-17(25)10-24-12(2)8-15-18(24)19(26)23-7-3-4-16(23)22-15/h5-6,8-9H,3-4,7,10H2,1-2H3,(H,21,25). The zero-order valence-corrected chi connectivity index (χ0v) is 15.4. The van der Waals surface area contributed by atoms with Crippen molar-refractivity contribution in [3.05, 3.63) is 56.7 Å². The molecule has 0 bridgehead atoms. The van der Waals surface area contributed by atoms with Crippen molar-refractivity contribution in [1.82, 2.24) is 14.1 Å². The van der Waals surface area contributed by atoms with Crippen molar-refractivity contribution in [3.8, 4) is 0 Å². The second-order valence-corrected chi connectivity index (χ2v) is 7.11. The minimum absolute atomic E-state index is 0.0527. The second kappa shape index (κ2) is 6.29. The van der Waals surface area contributed by atoms with Crippen LogP contribution in [0.4, 0.5) is 5.69 Å². The van der Waals surface area contributed by atoms with Crippen molar-refractivity contribution >= 4 is 34.2 Å². The van der Waals surface area contributed by atoms with Crippen molar-refractivity contribution in [1.29, 1.82) is 0 Å². The number of fused-ring (bicyclic) bond motifs is 2. The Bertz CT molecular complexity index is 1100. The maximum absolute atomic E-state index is 12.8. The van der Waals surface area contributed by atoms with Gasteiger partial charge in [-0.3, -0.25) is 14.2 Å². The lowest BCUT2D eigenvalue weighted by atomic mass is 10.2. The first-order valence-corrected chi connectivity index (χ1v) is 8.97. The summed E-state index contributed by atoms with van der Waals surface area (Å²) < 4.78 is 3.46. The van der Waals surface area contributed by atoms with E-state index in [-0.39, 0.29) is 18.0 Å². The maximum atomic E-state index is 12.8. The molecule has 1 aliphatic rings. The van der Waals surface area contributed by atoms with Crippen molar-refractivity contribution in [2.24, 2.45) is 0 Å². The Labute approximate surface area is 155 Å². The molecule has 1 amide bonds. The summed E-state index contributed by atoms with van der Waals surface area (Å²) in [6.07, 6.45) is 1.76. The largest absolute Gasteiger partial charge is 0.330 e. The number of rotatable bonds is 3. The Hall–Kier alpha value is -2.60. The molecule has 6 nitrogen and oxygen atoms in total. The number of carbonyl (C=O) groups is 1. The van der Waals surface area contributed by atoms with Crippen LogP contribution in [0, 0.1) is 13.8 Å². The zero-order chi connectivity index (χ0) is 18.4. The summed E-state index contributed by atoms with van der Waals surface area (Å²) in [6, 6.07) is 7.25. The highest BCUT2D eigenvalue weighted by atomic mass is 35.5. The number of carbonyl (C=O) groups excluding carboxylic acids is 1. The fourth-order valence-electron chi connectivity index (χ4n) is 3.45. The highest BCUT2D eigenvalue weighted by molar-refractivity contribution is 6.31. The minimum Gasteiger partial charge on any atom is -0.330 e. The Morgan fingerprint density at radius 2 is 2.12 bits per heavy atom. The molecule has 0 saturated carbocycles. The van der Waals surface area contributed by atoms with Gasteiger partial charge in [0.05, 0.1) is 5.52 Å². The number of amides is 1. The average Bonchev–Trinajstić information content (AvgIpc) is 3.17. The lowest BCUT2D eigenvalue weighted by Gasteiger charge is -2.11. The van der Waals surface area contributed by atoms with E-state index in [0.717, 1.165) is 29.9 Å². The van der Waals surface area contributed by atoms with E-state index < -0.39 is 0 Å². The van der Waals surface area contributed by atoms with Crippen molar-refractivity contribution in [2.75, 3.05) is 5.32 Å². The lowest BCUT2D eigenvalue weighted by molar-refractivity contribution is -0.116. The fraction of sp³-hybridized carbons (Fsp3) is 0.316. The molecule has 0 unspecified atom stereocenters. The van der Waals surface area contributed by atoms with Crippen molar-refractivity contribution in [2.45, 2.75) is 39.8 Å². The van der Waals surface area contributed by atoms with E-state index in [1.807, 2.05) is 32.0 Å². The summed E-state index contributed by atoms with van der Waals surface area (Å²) >= 11 is 6.11. The third kappa shape index (κ3) is 2.80. The van der Waals surface area contributed by atoms with Crippen LogP contribution >= 0.6 is 11.6 Å². The van der Waals surface area contributed by atoms with Gasteiger partial charge in [0.1, 0.15) is 17.9 Å². The van der Waals surface area contributed by atoms with Crippen LogP contribution in [-0.2, 0) is 24.3 Å². The van der Waals surface area contributed by atoms with E-state index in [4.69, 9.17) is 11.6 Å². The molecule has 4 rings (SSSR count). The molecule has 1 aliphatic heterocycles. The first kappa shape index (κ1) is 16.8. The van der Waals surface area contributed by atoms with E-state index >= 15 is 0 Å². The van der Waals surface area contributed by atoms with Crippen LogP contribution in [0.15, 0.2) is 29.1 Å². The normalized spacial score (nSPS) is 13.2. The van der Waals surface area contributed by atoms with Gasteiger partial charge in [-0.15, -0.1) is 0 Å². The number of hydrogen-bond acceptors (Lipinski definition) is 3. The predicted molar refractivity (Wildman–Crippen MR) is 102 cm³/mol. The fourth-order valence-corrected chi connectivity index (χ4v) is 3.63. The molecule has 134 valence electrons. The first-order valence-electron chi connectivity index (χ1n) is 8.59. The molecule has 0 radical (unpaired) electrons. The minimum atomic E-state index is -0.213. The molecule has 0 aliphatic carbocycles. The van der Waals surface area contributed by atoms with Gasteiger partial charge in [-0.05, 0) is 44.0 Å². The summed E-state index contributed by atoms with van der Waals surface area (Å²) in [6.45, 7) is 4.53. The van der Waals surface area contributed by atoms with E-state index in [1.54, 1.807) is 15.2 Å². The van der Waals surface area contributed by atoms with Gasteiger partial charge in [0.15, 0.2) is 0 Å². The van der Waals surface area contributed by atoms with Crippen LogP contribution in [0.2, 0.25) is 5.02 Å². The molecule has 0 spiro atoms. The number of benzene rings is 1. The average molecular weight is 371 g/mol. The number of aromatic nitrogens is 3. The predicted octanol–water partition coefficient (Wildman–Crippen LogP) is 3.05. The number of hydrogen-bond donors (Lipinski definition) is 1. The van der Waals surface area contributed by atoms with Crippen LogP contribution in [0.3, 0.4) is 0 Å². The van der Waals surface area contributed by atoms with Gasteiger partial charge < -0.3 is 9.88 Å². The van der Waals surface area contributed by atoms with Crippen LogP contribution < -0.4 is 10.9 Å². The molecule has 3 heterocycles. The molecule has 0 saturated heterocycles. The SMILES string of the molecule is Cc1ccc(NC(=O)Cn2c(C)cc3nc4n(c(=O)c32)CCC4)cc1Cl. The summed E-state index contributed by atoms with van der Waals surface area (Å²) in [5, 5.41) is 3.44. The van der Waals surface area contributed by atoms with Crippen LogP contribution in [0.1, 0.15) is 23.5 Å². The van der Waals surface area contributed by atoms with Gasteiger partial charge >= 0.3 is 0 Å². The van der Waals surface area contributed by atoms with Gasteiger partial charge in [-0.1, -0.05) is 17.7 Å². The highest BCUT2D eigenvalue weighted by Crippen LogP contribution is 2.21. The number of halogens is 1. The molecule has 3 aromatic rings.